The first-order valence-electron chi connectivity index (χ1n) is 7.04. The van der Waals surface area contributed by atoms with E-state index in [2.05, 4.69) is 15.9 Å². The van der Waals surface area contributed by atoms with E-state index in [1.54, 1.807) is 26.2 Å². The molecule has 2 aromatic carbocycles. The molecule has 0 N–H and O–H groups in total. The van der Waals surface area contributed by atoms with E-state index in [0.29, 0.717) is 5.56 Å². The Morgan fingerprint density at radius 2 is 1.59 bits per heavy atom. The van der Waals surface area contributed by atoms with Gasteiger partial charge in [-0.3, -0.25) is 9.59 Å². The van der Waals surface area contributed by atoms with Crippen molar-refractivity contribution in [1.29, 1.82) is 0 Å². The van der Waals surface area contributed by atoms with Crippen LogP contribution in [0.4, 0.5) is 0 Å². The second-order valence-corrected chi connectivity index (χ2v) is 6.25. The molecular formula is C18H18BrNO2. The molecule has 0 saturated carbocycles. The SMILES string of the molecule is CN(C)C(=O)[C@H](CC(=O)c1ccccc1)c1ccc(Br)cc1. The number of nitrogens with zero attached hydrogens (tertiary/aromatic N) is 1. The van der Waals surface area contributed by atoms with Crippen molar-refractivity contribution in [3.63, 3.8) is 0 Å². The number of Topliss-reactive ketones (excluding diaryl/α,β-unsaturated/α-hetero) is 1. The average molecular weight is 360 g/mol. The van der Waals surface area contributed by atoms with Gasteiger partial charge in [0.2, 0.25) is 5.91 Å². The van der Waals surface area contributed by atoms with Crippen LogP contribution in [-0.2, 0) is 4.79 Å². The van der Waals surface area contributed by atoms with Gasteiger partial charge in [-0.2, -0.15) is 0 Å². The lowest BCUT2D eigenvalue weighted by Crippen LogP contribution is -2.29. The van der Waals surface area contributed by atoms with E-state index in [9.17, 15) is 9.59 Å². The van der Waals surface area contributed by atoms with Gasteiger partial charge in [-0.1, -0.05) is 58.4 Å². The van der Waals surface area contributed by atoms with Crippen molar-refractivity contribution < 1.29 is 9.59 Å². The minimum absolute atomic E-state index is 0.0243. The number of carbonyl (C=O) groups excluding carboxylic acids is 2. The Bertz CT molecular complexity index is 651. The van der Waals surface area contributed by atoms with Crippen LogP contribution >= 0.6 is 15.9 Å². The van der Waals surface area contributed by atoms with Gasteiger partial charge in [-0.25, -0.2) is 0 Å². The van der Waals surface area contributed by atoms with Crippen LogP contribution in [0.5, 0.6) is 0 Å². The van der Waals surface area contributed by atoms with E-state index >= 15 is 0 Å². The number of halogens is 1. The summed E-state index contributed by atoms with van der Waals surface area (Å²) in [5, 5.41) is 0. The highest BCUT2D eigenvalue weighted by Gasteiger charge is 2.25. The molecule has 3 nitrogen and oxygen atoms in total. The minimum atomic E-state index is -0.462. The highest BCUT2D eigenvalue weighted by molar-refractivity contribution is 9.10. The topological polar surface area (TPSA) is 37.4 Å². The zero-order chi connectivity index (χ0) is 16.1. The Morgan fingerprint density at radius 3 is 2.14 bits per heavy atom. The summed E-state index contributed by atoms with van der Waals surface area (Å²) >= 11 is 3.39. The molecule has 22 heavy (non-hydrogen) atoms. The molecule has 114 valence electrons. The molecule has 0 aliphatic heterocycles. The van der Waals surface area contributed by atoms with E-state index in [0.717, 1.165) is 10.0 Å². The summed E-state index contributed by atoms with van der Waals surface area (Å²) in [5.74, 6) is -0.550. The minimum Gasteiger partial charge on any atom is -0.348 e. The van der Waals surface area contributed by atoms with Gasteiger partial charge in [0.1, 0.15) is 0 Å². The number of likely N-dealkylation sites (N-methyl/N-ethyl adjacent to an activating group) is 1. The van der Waals surface area contributed by atoms with Crippen molar-refractivity contribution in [3.05, 3.63) is 70.2 Å². The highest BCUT2D eigenvalue weighted by Crippen LogP contribution is 2.25. The maximum atomic E-state index is 12.5. The average Bonchev–Trinajstić information content (AvgIpc) is 2.53. The number of ketones is 1. The molecule has 0 aliphatic carbocycles. The third-order valence-electron chi connectivity index (χ3n) is 3.50. The number of benzene rings is 2. The van der Waals surface area contributed by atoms with Crippen LogP contribution in [0.1, 0.15) is 28.3 Å². The molecule has 1 atom stereocenters. The Hall–Kier alpha value is -1.94. The van der Waals surface area contributed by atoms with E-state index in [1.165, 1.54) is 4.90 Å². The van der Waals surface area contributed by atoms with Crippen molar-refractivity contribution in [3.8, 4) is 0 Å². The van der Waals surface area contributed by atoms with Gasteiger partial charge in [-0.05, 0) is 17.7 Å². The van der Waals surface area contributed by atoms with E-state index in [1.807, 2.05) is 42.5 Å². The first-order chi connectivity index (χ1) is 10.5. The zero-order valence-electron chi connectivity index (χ0n) is 12.6. The van der Waals surface area contributed by atoms with Crippen LogP contribution in [0.25, 0.3) is 0 Å². The summed E-state index contributed by atoms with van der Waals surface area (Å²) in [7, 11) is 3.42. The first kappa shape index (κ1) is 16.4. The maximum Gasteiger partial charge on any atom is 0.230 e. The molecule has 2 aromatic rings. The summed E-state index contributed by atoms with van der Waals surface area (Å²) in [6.45, 7) is 0. The molecule has 0 aliphatic rings. The molecule has 0 radical (unpaired) electrons. The zero-order valence-corrected chi connectivity index (χ0v) is 14.2. The quantitative estimate of drug-likeness (QED) is 0.759. The fourth-order valence-electron chi connectivity index (χ4n) is 2.28. The number of rotatable bonds is 5. The standard InChI is InChI=1S/C18H18BrNO2/c1-20(2)18(22)16(13-8-10-15(19)11-9-13)12-17(21)14-6-4-3-5-7-14/h3-11,16H,12H2,1-2H3/t16-/m1/s1. The fourth-order valence-corrected chi connectivity index (χ4v) is 2.55. The Labute approximate surface area is 139 Å². The summed E-state index contributed by atoms with van der Waals surface area (Å²) in [4.78, 5) is 26.4. The third kappa shape index (κ3) is 4.04. The van der Waals surface area contributed by atoms with Gasteiger partial charge < -0.3 is 4.90 Å². The van der Waals surface area contributed by atoms with Crippen molar-refractivity contribution >= 4 is 27.6 Å². The molecule has 0 heterocycles. The molecule has 0 bridgehead atoms. The van der Waals surface area contributed by atoms with Gasteiger partial charge >= 0.3 is 0 Å². The van der Waals surface area contributed by atoms with Crippen LogP contribution in [0, 0.1) is 0 Å². The van der Waals surface area contributed by atoms with Crippen molar-refractivity contribution in [1.82, 2.24) is 4.90 Å². The molecule has 0 unspecified atom stereocenters. The number of hydrogen-bond acceptors (Lipinski definition) is 2. The second kappa shape index (κ2) is 7.36. The van der Waals surface area contributed by atoms with E-state index in [-0.39, 0.29) is 18.1 Å². The van der Waals surface area contributed by atoms with Crippen LogP contribution < -0.4 is 0 Å². The second-order valence-electron chi connectivity index (χ2n) is 5.33. The lowest BCUT2D eigenvalue weighted by molar-refractivity contribution is -0.130. The first-order valence-corrected chi connectivity index (χ1v) is 7.83. The Morgan fingerprint density at radius 1 is 1.00 bits per heavy atom. The molecule has 1 amide bonds. The van der Waals surface area contributed by atoms with Crippen LogP contribution in [0.2, 0.25) is 0 Å². The fraction of sp³-hybridized carbons (Fsp3) is 0.222. The number of carbonyl (C=O) groups is 2. The third-order valence-corrected chi connectivity index (χ3v) is 4.03. The predicted molar refractivity (Wildman–Crippen MR) is 91.0 cm³/mol. The van der Waals surface area contributed by atoms with Gasteiger partial charge in [-0.15, -0.1) is 0 Å². The molecule has 0 fully saturated rings. The van der Waals surface area contributed by atoms with Crippen molar-refractivity contribution in [2.45, 2.75) is 12.3 Å². The summed E-state index contributed by atoms with van der Waals surface area (Å²) < 4.78 is 0.946. The Balaban J connectivity index is 2.27. The lowest BCUT2D eigenvalue weighted by Gasteiger charge is -2.20. The number of amides is 1. The van der Waals surface area contributed by atoms with Crippen molar-refractivity contribution in [2.24, 2.45) is 0 Å². The van der Waals surface area contributed by atoms with Crippen LogP contribution in [0.15, 0.2) is 59.1 Å². The molecular weight excluding hydrogens is 342 g/mol. The predicted octanol–water partition coefficient (Wildman–Crippen LogP) is 3.89. The summed E-state index contributed by atoms with van der Waals surface area (Å²) in [5.41, 5.74) is 1.49. The van der Waals surface area contributed by atoms with Crippen molar-refractivity contribution in [2.75, 3.05) is 14.1 Å². The molecule has 4 heteroatoms. The largest absolute Gasteiger partial charge is 0.348 e. The van der Waals surface area contributed by atoms with Gasteiger partial charge in [0.05, 0.1) is 5.92 Å². The molecule has 0 aromatic heterocycles. The smallest absolute Gasteiger partial charge is 0.230 e. The van der Waals surface area contributed by atoms with Gasteiger partial charge in [0.15, 0.2) is 5.78 Å². The summed E-state index contributed by atoms with van der Waals surface area (Å²) in [6.07, 6.45) is 0.169. The number of hydrogen-bond donors (Lipinski definition) is 0. The van der Waals surface area contributed by atoms with Gasteiger partial charge in [0.25, 0.3) is 0 Å². The van der Waals surface area contributed by atoms with E-state index in [4.69, 9.17) is 0 Å². The normalized spacial score (nSPS) is 11.8. The van der Waals surface area contributed by atoms with E-state index < -0.39 is 5.92 Å². The van der Waals surface area contributed by atoms with Crippen LogP contribution in [0.3, 0.4) is 0 Å². The molecule has 0 saturated heterocycles. The van der Waals surface area contributed by atoms with Crippen LogP contribution in [-0.4, -0.2) is 30.7 Å². The van der Waals surface area contributed by atoms with Gasteiger partial charge in [0, 0.05) is 30.6 Å². The monoisotopic (exact) mass is 359 g/mol. The Kier molecular flexibility index (Phi) is 5.50. The maximum absolute atomic E-state index is 12.5. The highest BCUT2D eigenvalue weighted by atomic mass is 79.9. The molecule has 2 rings (SSSR count). The lowest BCUT2D eigenvalue weighted by atomic mass is 9.90. The molecule has 0 spiro atoms. The summed E-state index contributed by atoms with van der Waals surface area (Å²) in [6, 6.07) is 16.6.